The molecule has 3 rings (SSSR count). The molecule has 0 aliphatic rings. The summed E-state index contributed by atoms with van der Waals surface area (Å²) in [6.07, 6.45) is 3.44. The van der Waals surface area contributed by atoms with Crippen molar-refractivity contribution in [1.29, 1.82) is 0 Å². The third-order valence-electron chi connectivity index (χ3n) is 4.18. The Hall–Kier alpha value is -3.26. The maximum absolute atomic E-state index is 12.4. The van der Waals surface area contributed by atoms with E-state index in [0.29, 0.717) is 17.8 Å². The molecule has 0 aliphatic heterocycles. The average Bonchev–Trinajstić information content (AvgIpc) is 2.69. The number of anilines is 2. The van der Waals surface area contributed by atoms with Crippen LogP contribution in [0.4, 0.5) is 11.6 Å². The second kappa shape index (κ2) is 9.29. The Morgan fingerprint density at radius 1 is 1.00 bits per heavy atom. The topological polar surface area (TPSA) is 101 Å². The van der Waals surface area contributed by atoms with Crippen molar-refractivity contribution in [1.82, 2.24) is 9.97 Å². The summed E-state index contributed by atoms with van der Waals surface area (Å²) in [5.41, 5.74) is 2.39. The molecule has 7 nitrogen and oxygen atoms in total. The van der Waals surface area contributed by atoms with Gasteiger partial charge in [-0.2, -0.15) is 0 Å². The first-order valence-electron chi connectivity index (χ1n) is 9.19. The number of aryl methyl sites for hydroxylation is 2. The largest absolute Gasteiger partial charge is 0.326 e. The minimum absolute atomic E-state index is 0.0146. The van der Waals surface area contributed by atoms with E-state index < -0.39 is 10.0 Å². The van der Waals surface area contributed by atoms with Gasteiger partial charge in [0.25, 0.3) is 10.0 Å². The van der Waals surface area contributed by atoms with Gasteiger partial charge in [-0.1, -0.05) is 30.3 Å². The van der Waals surface area contributed by atoms with Crippen molar-refractivity contribution in [2.75, 3.05) is 10.0 Å². The van der Waals surface area contributed by atoms with Gasteiger partial charge in [0.05, 0.1) is 4.90 Å². The maximum Gasteiger partial charge on any atom is 0.264 e. The van der Waals surface area contributed by atoms with Crippen molar-refractivity contribution < 1.29 is 13.2 Å². The fourth-order valence-electron chi connectivity index (χ4n) is 2.72. The van der Waals surface area contributed by atoms with E-state index in [9.17, 15) is 13.2 Å². The molecule has 1 aromatic heterocycles. The van der Waals surface area contributed by atoms with E-state index in [1.807, 2.05) is 30.3 Å². The number of nitrogens with one attached hydrogen (secondary N) is 2. The van der Waals surface area contributed by atoms with Crippen LogP contribution in [0.1, 0.15) is 24.1 Å². The van der Waals surface area contributed by atoms with Gasteiger partial charge in [0.2, 0.25) is 11.9 Å². The molecule has 8 heteroatoms. The molecule has 1 amide bonds. The lowest BCUT2D eigenvalue weighted by molar-refractivity contribution is -0.116. The molecule has 0 fully saturated rings. The number of hydrogen-bond acceptors (Lipinski definition) is 5. The van der Waals surface area contributed by atoms with Gasteiger partial charge < -0.3 is 5.32 Å². The van der Waals surface area contributed by atoms with Crippen LogP contribution in [0.5, 0.6) is 0 Å². The Morgan fingerprint density at radius 2 is 1.72 bits per heavy atom. The standard InChI is InChI=1S/C21H22N4O3S/c1-16-14-15-22-21(23-16)25-29(27,28)19-12-10-18(11-13-19)24-20(26)9-5-8-17-6-3-2-4-7-17/h2-4,6-7,10-15H,5,8-9H2,1H3,(H,24,26)(H,22,23,25). The number of hydrogen-bond donors (Lipinski definition) is 2. The molecule has 0 saturated heterocycles. The molecule has 0 bridgehead atoms. The quantitative estimate of drug-likeness (QED) is 0.591. The highest BCUT2D eigenvalue weighted by Gasteiger charge is 2.16. The summed E-state index contributed by atoms with van der Waals surface area (Å²) in [5.74, 6) is -0.0939. The summed E-state index contributed by atoms with van der Waals surface area (Å²) in [7, 11) is -3.81. The summed E-state index contributed by atoms with van der Waals surface area (Å²) in [4.78, 5) is 20.1. The molecule has 29 heavy (non-hydrogen) atoms. The van der Waals surface area contributed by atoms with E-state index in [2.05, 4.69) is 20.0 Å². The highest BCUT2D eigenvalue weighted by Crippen LogP contribution is 2.17. The van der Waals surface area contributed by atoms with Crippen LogP contribution in [0.25, 0.3) is 0 Å². The highest BCUT2D eigenvalue weighted by molar-refractivity contribution is 7.92. The van der Waals surface area contributed by atoms with Gasteiger partial charge in [0.15, 0.2) is 0 Å². The first kappa shape index (κ1) is 20.5. The Bertz CT molecular complexity index is 1070. The molecule has 0 saturated carbocycles. The maximum atomic E-state index is 12.4. The van der Waals surface area contributed by atoms with E-state index in [0.717, 1.165) is 12.8 Å². The smallest absolute Gasteiger partial charge is 0.264 e. The van der Waals surface area contributed by atoms with Crippen LogP contribution >= 0.6 is 0 Å². The Kier molecular flexibility index (Phi) is 6.56. The predicted molar refractivity (Wildman–Crippen MR) is 112 cm³/mol. The molecule has 3 aromatic rings. The lowest BCUT2D eigenvalue weighted by Crippen LogP contribution is -2.15. The number of sulfonamides is 1. The van der Waals surface area contributed by atoms with Crippen LogP contribution in [-0.2, 0) is 21.2 Å². The van der Waals surface area contributed by atoms with E-state index in [-0.39, 0.29) is 16.8 Å². The van der Waals surface area contributed by atoms with Gasteiger partial charge in [-0.05, 0) is 55.7 Å². The van der Waals surface area contributed by atoms with Crippen molar-refractivity contribution in [3.63, 3.8) is 0 Å². The zero-order chi connectivity index (χ0) is 20.7. The normalized spacial score (nSPS) is 11.1. The van der Waals surface area contributed by atoms with Crippen LogP contribution in [0, 0.1) is 6.92 Å². The molecule has 0 aliphatic carbocycles. The van der Waals surface area contributed by atoms with Crippen molar-refractivity contribution in [2.45, 2.75) is 31.1 Å². The fourth-order valence-corrected chi connectivity index (χ4v) is 3.67. The number of amides is 1. The lowest BCUT2D eigenvalue weighted by atomic mass is 10.1. The Balaban J connectivity index is 1.54. The summed E-state index contributed by atoms with van der Waals surface area (Å²) >= 11 is 0. The predicted octanol–water partition coefficient (Wildman–Crippen LogP) is 3.55. The first-order chi connectivity index (χ1) is 13.9. The number of carbonyl (C=O) groups excluding carboxylic acids is 1. The minimum atomic E-state index is -3.81. The summed E-state index contributed by atoms with van der Waals surface area (Å²) in [5, 5.41) is 2.79. The summed E-state index contributed by atoms with van der Waals surface area (Å²) in [6.45, 7) is 1.75. The van der Waals surface area contributed by atoms with Crippen molar-refractivity contribution in [2.24, 2.45) is 0 Å². The third kappa shape index (κ3) is 6.11. The van der Waals surface area contributed by atoms with E-state index in [1.165, 1.54) is 23.9 Å². The van der Waals surface area contributed by atoms with Gasteiger partial charge in [-0.3, -0.25) is 4.79 Å². The number of rotatable bonds is 8. The van der Waals surface area contributed by atoms with Crippen LogP contribution in [0.3, 0.4) is 0 Å². The van der Waals surface area contributed by atoms with Crippen molar-refractivity contribution in [3.05, 3.63) is 78.1 Å². The van der Waals surface area contributed by atoms with Gasteiger partial charge in [0.1, 0.15) is 0 Å². The molecule has 0 radical (unpaired) electrons. The monoisotopic (exact) mass is 410 g/mol. The third-order valence-corrected chi connectivity index (χ3v) is 5.53. The molecule has 2 N–H and O–H groups in total. The molecular formula is C21H22N4O3S. The molecule has 0 unspecified atom stereocenters. The van der Waals surface area contributed by atoms with E-state index in [1.54, 1.807) is 25.1 Å². The van der Waals surface area contributed by atoms with Crippen molar-refractivity contribution in [3.8, 4) is 0 Å². The summed E-state index contributed by atoms with van der Waals surface area (Å²) in [6, 6.07) is 17.6. The summed E-state index contributed by atoms with van der Waals surface area (Å²) < 4.78 is 27.2. The number of nitrogens with zero attached hydrogens (tertiary/aromatic N) is 2. The lowest BCUT2D eigenvalue weighted by Gasteiger charge is -2.09. The van der Waals surface area contributed by atoms with Gasteiger partial charge in [-0.25, -0.2) is 23.1 Å². The van der Waals surface area contributed by atoms with Gasteiger partial charge in [-0.15, -0.1) is 0 Å². The van der Waals surface area contributed by atoms with Gasteiger partial charge in [0, 0.05) is 24.0 Å². The molecule has 1 heterocycles. The Labute approximate surface area is 170 Å². The number of aromatic nitrogens is 2. The minimum Gasteiger partial charge on any atom is -0.326 e. The Morgan fingerprint density at radius 3 is 2.41 bits per heavy atom. The fraction of sp³-hybridized carbons (Fsp3) is 0.190. The van der Waals surface area contributed by atoms with Crippen LogP contribution in [0.15, 0.2) is 71.8 Å². The second-order valence-corrected chi connectivity index (χ2v) is 8.22. The highest BCUT2D eigenvalue weighted by atomic mass is 32.2. The molecule has 150 valence electrons. The average molecular weight is 410 g/mol. The van der Waals surface area contributed by atoms with E-state index >= 15 is 0 Å². The van der Waals surface area contributed by atoms with Crippen LogP contribution < -0.4 is 10.0 Å². The molecular weight excluding hydrogens is 388 g/mol. The zero-order valence-corrected chi connectivity index (χ0v) is 16.8. The molecule has 0 atom stereocenters. The van der Waals surface area contributed by atoms with Gasteiger partial charge >= 0.3 is 0 Å². The van der Waals surface area contributed by atoms with E-state index in [4.69, 9.17) is 0 Å². The first-order valence-corrected chi connectivity index (χ1v) is 10.7. The molecule has 2 aromatic carbocycles. The SMILES string of the molecule is Cc1ccnc(NS(=O)(=O)c2ccc(NC(=O)CCCc3ccccc3)cc2)n1. The zero-order valence-electron chi connectivity index (χ0n) is 16.0. The number of benzene rings is 2. The second-order valence-electron chi connectivity index (χ2n) is 6.54. The molecule has 0 spiro atoms. The van der Waals surface area contributed by atoms with Crippen LogP contribution in [0.2, 0.25) is 0 Å². The van der Waals surface area contributed by atoms with Crippen LogP contribution in [-0.4, -0.2) is 24.3 Å². The number of carbonyl (C=O) groups is 1. The van der Waals surface area contributed by atoms with Crippen molar-refractivity contribution >= 4 is 27.6 Å².